The maximum absolute atomic E-state index is 5.48. The summed E-state index contributed by atoms with van der Waals surface area (Å²) in [6.45, 7) is 2.80. The number of rotatable bonds is 5. The zero-order valence-corrected chi connectivity index (χ0v) is 12.0. The SMILES string of the molecule is Cc1cccc(-n2cc(CCCCN)nn2)c1Br. The predicted molar refractivity (Wildman–Crippen MR) is 75.8 cm³/mol. The molecular formula is C13H17BrN4. The summed E-state index contributed by atoms with van der Waals surface area (Å²) in [6, 6.07) is 6.10. The molecule has 0 aliphatic carbocycles. The lowest BCUT2D eigenvalue weighted by Crippen LogP contribution is -1.99. The number of hydrogen-bond acceptors (Lipinski definition) is 3. The van der Waals surface area contributed by atoms with Crippen molar-refractivity contribution >= 4 is 15.9 Å². The molecule has 18 heavy (non-hydrogen) atoms. The number of aryl methyl sites for hydroxylation is 2. The number of aromatic nitrogens is 3. The highest BCUT2D eigenvalue weighted by molar-refractivity contribution is 9.10. The fourth-order valence-corrected chi connectivity index (χ4v) is 2.24. The largest absolute Gasteiger partial charge is 0.330 e. The van der Waals surface area contributed by atoms with E-state index in [1.807, 2.05) is 23.0 Å². The zero-order chi connectivity index (χ0) is 13.0. The van der Waals surface area contributed by atoms with Gasteiger partial charge in [-0.3, -0.25) is 0 Å². The van der Waals surface area contributed by atoms with Gasteiger partial charge in [-0.1, -0.05) is 17.3 Å². The lowest BCUT2D eigenvalue weighted by atomic mass is 10.2. The van der Waals surface area contributed by atoms with E-state index in [-0.39, 0.29) is 0 Å². The second kappa shape index (κ2) is 6.11. The van der Waals surface area contributed by atoms with Crippen LogP contribution in [-0.4, -0.2) is 21.5 Å². The second-order valence-corrected chi connectivity index (χ2v) is 5.10. The Labute approximate surface area is 115 Å². The Balaban J connectivity index is 2.16. The van der Waals surface area contributed by atoms with Gasteiger partial charge in [0, 0.05) is 4.47 Å². The molecule has 2 rings (SSSR count). The normalized spacial score (nSPS) is 10.8. The van der Waals surface area contributed by atoms with Crippen LogP contribution in [0, 0.1) is 6.92 Å². The standard InChI is InChI=1S/C13H17BrN4/c1-10-5-4-7-12(13(10)14)18-9-11(16-17-18)6-2-3-8-15/h4-5,7,9H,2-3,6,8,15H2,1H3. The van der Waals surface area contributed by atoms with Crippen molar-refractivity contribution in [3.05, 3.63) is 40.1 Å². The van der Waals surface area contributed by atoms with Crippen LogP contribution in [-0.2, 0) is 6.42 Å². The molecule has 0 unspecified atom stereocenters. The van der Waals surface area contributed by atoms with Crippen molar-refractivity contribution in [2.75, 3.05) is 6.54 Å². The fraction of sp³-hybridized carbons (Fsp3) is 0.385. The Hall–Kier alpha value is -1.20. The number of halogens is 1. The lowest BCUT2D eigenvalue weighted by molar-refractivity contribution is 0.727. The molecule has 1 aromatic heterocycles. The average molecular weight is 309 g/mol. The van der Waals surface area contributed by atoms with E-state index >= 15 is 0 Å². The summed E-state index contributed by atoms with van der Waals surface area (Å²) in [7, 11) is 0. The molecule has 4 nitrogen and oxygen atoms in total. The number of benzene rings is 1. The van der Waals surface area contributed by atoms with Crippen LogP contribution >= 0.6 is 15.9 Å². The highest BCUT2D eigenvalue weighted by Gasteiger charge is 2.07. The molecule has 0 aliphatic rings. The highest BCUT2D eigenvalue weighted by atomic mass is 79.9. The van der Waals surface area contributed by atoms with Gasteiger partial charge in [0.05, 0.1) is 17.6 Å². The lowest BCUT2D eigenvalue weighted by Gasteiger charge is -2.05. The molecule has 0 saturated heterocycles. The van der Waals surface area contributed by atoms with Crippen molar-refractivity contribution in [2.24, 2.45) is 5.73 Å². The third-order valence-corrected chi connectivity index (χ3v) is 3.88. The van der Waals surface area contributed by atoms with Gasteiger partial charge in [-0.25, -0.2) is 4.68 Å². The maximum atomic E-state index is 5.48. The Bertz CT molecular complexity index is 521. The summed E-state index contributed by atoms with van der Waals surface area (Å²) < 4.78 is 2.87. The first kappa shape index (κ1) is 13.2. The summed E-state index contributed by atoms with van der Waals surface area (Å²) in [5.41, 5.74) is 8.70. The molecular weight excluding hydrogens is 292 g/mol. The number of hydrogen-bond donors (Lipinski definition) is 1. The Morgan fingerprint density at radius 3 is 2.94 bits per heavy atom. The molecule has 0 saturated carbocycles. The number of nitrogens with zero attached hydrogens (tertiary/aromatic N) is 3. The van der Waals surface area contributed by atoms with Crippen LogP contribution in [0.2, 0.25) is 0 Å². The zero-order valence-electron chi connectivity index (χ0n) is 10.4. The fourth-order valence-electron chi connectivity index (χ4n) is 1.79. The minimum Gasteiger partial charge on any atom is -0.330 e. The second-order valence-electron chi connectivity index (χ2n) is 4.31. The van der Waals surface area contributed by atoms with Gasteiger partial charge >= 0.3 is 0 Å². The van der Waals surface area contributed by atoms with Crippen LogP contribution in [0.3, 0.4) is 0 Å². The monoisotopic (exact) mass is 308 g/mol. The molecule has 0 fully saturated rings. The van der Waals surface area contributed by atoms with Gasteiger partial charge < -0.3 is 5.73 Å². The Morgan fingerprint density at radius 2 is 2.17 bits per heavy atom. The molecule has 2 aromatic rings. The average Bonchev–Trinajstić information content (AvgIpc) is 2.82. The van der Waals surface area contributed by atoms with Crippen LogP contribution in [0.1, 0.15) is 24.1 Å². The van der Waals surface area contributed by atoms with E-state index in [2.05, 4.69) is 39.2 Å². The van der Waals surface area contributed by atoms with E-state index in [0.29, 0.717) is 0 Å². The van der Waals surface area contributed by atoms with Crippen molar-refractivity contribution in [3.63, 3.8) is 0 Å². The van der Waals surface area contributed by atoms with Gasteiger partial charge in [-0.2, -0.15) is 0 Å². The highest BCUT2D eigenvalue weighted by Crippen LogP contribution is 2.24. The number of unbranched alkanes of at least 4 members (excludes halogenated alkanes) is 1. The Kier molecular flexibility index (Phi) is 4.49. The van der Waals surface area contributed by atoms with Crippen LogP contribution in [0.5, 0.6) is 0 Å². The first-order valence-electron chi connectivity index (χ1n) is 6.09. The maximum Gasteiger partial charge on any atom is 0.0831 e. The third kappa shape index (κ3) is 2.97. The molecule has 0 atom stereocenters. The van der Waals surface area contributed by atoms with Crippen molar-refractivity contribution in [3.8, 4) is 5.69 Å². The van der Waals surface area contributed by atoms with E-state index in [0.717, 1.165) is 41.7 Å². The molecule has 1 aromatic carbocycles. The van der Waals surface area contributed by atoms with Crippen molar-refractivity contribution in [1.29, 1.82) is 0 Å². The molecule has 0 amide bonds. The quantitative estimate of drug-likeness (QED) is 0.864. The van der Waals surface area contributed by atoms with Gasteiger partial charge in [-0.05, 0) is 60.3 Å². The molecule has 5 heteroatoms. The minimum absolute atomic E-state index is 0.734. The summed E-state index contributed by atoms with van der Waals surface area (Å²) in [5.74, 6) is 0. The summed E-state index contributed by atoms with van der Waals surface area (Å²) in [4.78, 5) is 0. The molecule has 0 bridgehead atoms. The Morgan fingerprint density at radius 1 is 1.33 bits per heavy atom. The third-order valence-electron chi connectivity index (χ3n) is 2.85. The van der Waals surface area contributed by atoms with Gasteiger partial charge in [0.15, 0.2) is 0 Å². The van der Waals surface area contributed by atoms with Crippen LogP contribution < -0.4 is 5.73 Å². The van der Waals surface area contributed by atoms with Gasteiger partial charge in [0.25, 0.3) is 0 Å². The van der Waals surface area contributed by atoms with Crippen molar-refractivity contribution in [1.82, 2.24) is 15.0 Å². The molecule has 96 valence electrons. The van der Waals surface area contributed by atoms with E-state index in [9.17, 15) is 0 Å². The smallest absolute Gasteiger partial charge is 0.0831 e. The van der Waals surface area contributed by atoms with Crippen LogP contribution in [0.15, 0.2) is 28.9 Å². The van der Waals surface area contributed by atoms with E-state index < -0.39 is 0 Å². The van der Waals surface area contributed by atoms with E-state index in [1.165, 1.54) is 5.56 Å². The number of nitrogens with two attached hydrogens (primary N) is 1. The first-order valence-corrected chi connectivity index (χ1v) is 6.88. The van der Waals surface area contributed by atoms with E-state index in [1.54, 1.807) is 0 Å². The topological polar surface area (TPSA) is 56.7 Å². The van der Waals surface area contributed by atoms with Crippen LogP contribution in [0.4, 0.5) is 0 Å². The van der Waals surface area contributed by atoms with Gasteiger partial charge in [-0.15, -0.1) is 5.10 Å². The summed E-state index contributed by atoms with van der Waals surface area (Å²) in [6.07, 6.45) is 5.00. The van der Waals surface area contributed by atoms with Crippen molar-refractivity contribution < 1.29 is 0 Å². The molecule has 0 spiro atoms. The summed E-state index contributed by atoms with van der Waals surface area (Å²) in [5, 5.41) is 8.36. The van der Waals surface area contributed by atoms with E-state index in [4.69, 9.17) is 5.73 Å². The minimum atomic E-state index is 0.734. The molecule has 0 aliphatic heterocycles. The van der Waals surface area contributed by atoms with Crippen LogP contribution in [0.25, 0.3) is 5.69 Å². The predicted octanol–water partition coefficient (Wildman–Crippen LogP) is 2.62. The molecule has 0 radical (unpaired) electrons. The van der Waals surface area contributed by atoms with Crippen molar-refractivity contribution in [2.45, 2.75) is 26.2 Å². The summed E-state index contributed by atoms with van der Waals surface area (Å²) >= 11 is 3.58. The first-order chi connectivity index (χ1) is 8.72. The van der Waals surface area contributed by atoms with Gasteiger partial charge in [0.2, 0.25) is 0 Å². The molecule has 1 heterocycles. The molecule has 2 N–H and O–H groups in total. The van der Waals surface area contributed by atoms with Gasteiger partial charge in [0.1, 0.15) is 0 Å².